The van der Waals surface area contributed by atoms with E-state index in [1.165, 1.54) is 15.6 Å². The van der Waals surface area contributed by atoms with Crippen molar-refractivity contribution in [1.82, 2.24) is 9.80 Å². The van der Waals surface area contributed by atoms with Gasteiger partial charge in [-0.05, 0) is 29.3 Å². The molecule has 112 valence electrons. The first kappa shape index (κ1) is 14.5. The number of piperazine rings is 1. The van der Waals surface area contributed by atoms with Gasteiger partial charge in [-0.2, -0.15) is 0 Å². The van der Waals surface area contributed by atoms with E-state index in [0.717, 1.165) is 32.7 Å². The molecule has 1 fully saturated rings. The van der Waals surface area contributed by atoms with Crippen LogP contribution in [0.3, 0.4) is 0 Å². The summed E-state index contributed by atoms with van der Waals surface area (Å²) < 4.78 is 1.36. The second-order valence-electron chi connectivity index (χ2n) is 5.65. The summed E-state index contributed by atoms with van der Waals surface area (Å²) in [6, 6.07) is 8.41. The number of rotatable bonds is 4. The number of thiophene rings is 1. The molecule has 2 heterocycles. The number of nitrogens with zero attached hydrogens (tertiary/aromatic N) is 2. The maximum atomic E-state index is 11.3. The minimum Gasteiger partial charge on any atom is -0.368 e. The second kappa shape index (κ2) is 6.13. The molecule has 0 bridgehead atoms. The number of fused-ring (bicyclic) bond motifs is 1. The molecule has 1 atom stereocenters. The molecule has 1 amide bonds. The molecule has 1 aliphatic heterocycles. The monoisotopic (exact) mass is 303 g/mol. The maximum Gasteiger partial charge on any atom is 0.234 e. The van der Waals surface area contributed by atoms with Gasteiger partial charge in [0.2, 0.25) is 5.91 Å². The van der Waals surface area contributed by atoms with Crippen LogP contribution >= 0.6 is 11.3 Å². The Hall–Kier alpha value is -1.43. The van der Waals surface area contributed by atoms with E-state index in [-0.39, 0.29) is 11.9 Å². The van der Waals surface area contributed by atoms with Crippen LogP contribution in [0, 0.1) is 0 Å². The van der Waals surface area contributed by atoms with Crippen LogP contribution in [0.2, 0.25) is 0 Å². The lowest BCUT2D eigenvalue weighted by Gasteiger charge is -2.36. The van der Waals surface area contributed by atoms with E-state index in [1.807, 2.05) is 18.3 Å². The Balaban J connectivity index is 1.62. The standard InChI is InChI=1S/C16H21N3OS/c1-12(16(17)20)19-8-6-18(7-9-19)10-13-11-21-15-5-3-2-4-14(13)15/h2-5,11-12H,6-10H2,1H3,(H2,17,20)/t12-/m0/s1. The molecule has 0 radical (unpaired) electrons. The minimum atomic E-state index is -0.229. The van der Waals surface area contributed by atoms with E-state index in [2.05, 4.69) is 39.4 Å². The summed E-state index contributed by atoms with van der Waals surface area (Å²) in [4.78, 5) is 15.9. The van der Waals surface area contributed by atoms with Gasteiger partial charge < -0.3 is 5.73 Å². The van der Waals surface area contributed by atoms with Gasteiger partial charge in [0, 0.05) is 37.4 Å². The van der Waals surface area contributed by atoms with Gasteiger partial charge >= 0.3 is 0 Å². The van der Waals surface area contributed by atoms with Gasteiger partial charge in [0.1, 0.15) is 0 Å². The van der Waals surface area contributed by atoms with Crippen LogP contribution < -0.4 is 5.73 Å². The molecule has 5 heteroatoms. The van der Waals surface area contributed by atoms with Crippen LogP contribution in [0.4, 0.5) is 0 Å². The van der Waals surface area contributed by atoms with Crippen LogP contribution in [0.5, 0.6) is 0 Å². The van der Waals surface area contributed by atoms with E-state index in [0.29, 0.717) is 0 Å². The fraction of sp³-hybridized carbons (Fsp3) is 0.438. The zero-order chi connectivity index (χ0) is 14.8. The lowest BCUT2D eigenvalue weighted by Crippen LogP contribution is -2.52. The Bertz CT molecular complexity index is 631. The van der Waals surface area contributed by atoms with Crippen molar-refractivity contribution < 1.29 is 4.79 Å². The van der Waals surface area contributed by atoms with E-state index in [9.17, 15) is 4.79 Å². The summed E-state index contributed by atoms with van der Waals surface area (Å²) in [7, 11) is 0. The highest BCUT2D eigenvalue weighted by atomic mass is 32.1. The zero-order valence-electron chi connectivity index (χ0n) is 12.3. The molecule has 2 aromatic rings. The first-order valence-electron chi connectivity index (χ1n) is 7.36. The molecule has 1 aromatic carbocycles. The third-order valence-electron chi connectivity index (χ3n) is 4.32. The zero-order valence-corrected chi connectivity index (χ0v) is 13.1. The van der Waals surface area contributed by atoms with Gasteiger partial charge in [0.15, 0.2) is 0 Å². The lowest BCUT2D eigenvalue weighted by molar-refractivity contribution is -0.123. The van der Waals surface area contributed by atoms with Crippen molar-refractivity contribution in [2.75, 3.05) is 26.2 Å². The first-order valence-corrected chi connectivity index (χ1v) is 8.24. The molecule has 4 nitrogen and oxygen atoms in total. The number of hydrogen-bond donors (Lipinski definition) is 1. The van der Waals surface area contributed by atoms with E-state index < -0.39 is 0 Å². The first-order chi connectivity index (χ1) is 10.1. The van der Waals surface area contributed by atoms with Crippen molar-refractivity contribution in [3.05, 3.63) is 35.2 Å². The third-order valence-corrected chi connectivity index (χ3v) is 5.33. The summed E-state index contributed by atoms with van der Waals surface area (Å²) in [5.41, 5.74) is 6.79. The van der Waals surface area contributed by atoms with Gasteiger partial charge in [0.05, 0.1) is 6.04 Å². The van der Waals surface area contributed by atoms with Crippen LogP contribution in [0.25, 0.3) is 10.1 Å². The topological polar surface area (TPSA) is 49.6 Å². The molecule has 1 aliphatic rings. The molecular formula is C16H21N3OS. The van der Waals surface area contributed by atoms with Crippen molar-refractivity contribution in [3.8, 4) is 0 Å². The molecule has 3 rings (SSSR count). The third kappa shape index (κ3) is 3.10. The minimum absolute atomic E-state index is 0.158. The maximum absolute atomic E-state index is 11.3. The van der Waals surface area contributed by atoms with Crippen LogP contribution in [-0.2, 0) is 11.3 Å². The van der Waals surface area contributed by atoms with Gasteiger partial charge in [-0.15, -0.1) is 11.3 Å². The Morgan fingerprint density at radius 2 is 2.00 bits per heavy atom. The second-order valence-corrected chi connectivity index (χ2v) is 6.56. The van der Waals surface area contributed by atoms with E-state index in [4.69, 9.17) is 5.73 Å². The van der Waals surface area contributed by atoms with E-state index in [1.54, 1.807) is 0 Å². The Morgan fingerprint density at radius 1 is 1.29 bits per heavy atom. The van der Waals surface area contributed by atoms with Crippen molar-refractivity contribution in [2.24, 2.45) is 5.73 Å². The largest absolute Gasteiger partial charge is 0.368 e. The molecule has 2 N–H and O–H groups in total. The van der Waals surface area contributed by atoms with Crippen LogP contribution in [-0.4, -0.2) is 47.9 Å². The van der Waals surface area contributed by atoms with Crippen LogP contribution in [0.15, 0.2) is 29.6 Å². The average Bonchev–Trinajstić information content (AvgIpc) is 2.91. The lowest BCUT2D eigenvalue weighted by atomic mass is 10.1. The number of primary amides is 1. The van der Waals surface area contributed by atoms with Gasteiger partial charge in [-0.25, -0.2) is 0 Å². The van der Waals surface area contributed by atoms with Crippen LogP contribution in [0.1, 0.15) is 12.5 Å². The molecule has 0 saturated carbocycles. The Labute approximate surface area is 129 Å². The quantitative estimate of drug-likeness (QED) is 0.938. The number of hydrogen-bond acceptors (Lipinski definition) is 4. The average molecular weight is 303 g/mol. The number of benzene rings is 1. The van der Waals surface area contributed by atoms with Crippen molar-refractivity contribution in [3.63, 3.8) is 0 Å². The summed E-state index contributed by atoms with van der Waals surface area (Å²) in [6.45, 7) is 6.68. The van der Waals surface area contributed by atoms with Crippen molar-refractivity contribution in [2.45, 2.75) is 19.5 Å². The van der Waals surface area contributed by atoms with Crippen molar-refractivity contribution in [1.29, 1.82) is 0 Å². The predicted molar refractivity (Wildman–Crippen MR) is 87.3 cm³/mol. The molecule has 0 spiro atoms. The summed E-state index contributed by atoms with van der Waals surface area (Å²) >= 11 is 1.81. The predicted octanol–water partition coefficient (Wildman–Crippen LogP) is 1.89. The fourth-order valence-electron chi connectivity index (χ4n) is 2.88. The van der Waals surface area contributed by atoms with Gasteiger partial charge in [-0.3, -0.25) is 14.6 Å². The van der Waals surface area contributed by atoms with Gasteiger partial charge in [0.25, 0.3) is 0 Å². The van der Waals surface area contributed by atoms with Gasteiger partial charge in [-0.1, -0.05) is 18.2 Å². The summed E-state index contributed by atoms with van der Waals surface area (Å²) in [5, 5.41) is 3.64. The molecule has 0 unspecified atom stereocenters. The highest BCUT2D eigenvalue weighted by Crippen LogP contribution is 2.26. The molecule has 1 saturated heterocycles. The fourth-order valence-corrected chi connectivity index (χ4v) is 3.84. The molecule has 21 heavy (non-hydrogen) atoms. The van der Waals surface area contributed by atoms with Crippen molar-refractivity contribution >= 4 is 27.3 Å². The Kier molecular flexibility index (Phi) is 4.24. The number of amides is 1. The summed E-state index contributed by atoms with van der Waals surface area (Å²) in [6.07, 6.45) is 0. The number of carbonyl (C=O) groups excluding carboxylic acids is 1. The molecule has 1 aromatic heterocycles. The summed E-state index contributed by atoms with van der Waals surface area (Å²) in [5.74, 6) is -0.229. The normalized spacial score (nSPS) is 18.9. The number of nitrogens with two attached hydrogens (primary N) is 1. The molecular weight excluding hydrogens is 282 g/mol. The Morgan fingerprint density at radius 3 is 2.71 bits per heavy atom. The highest BCUT2D eigenvalue weighted by molar-refractivity contribution is 7.17. The smallest absolute Gasteiger partial charge is 0.234 e. The SMILES string of the molecule is C[C@@H](C(N)=O)N1CCN(Cc2csc3ccccc23)CC1. The highest BCUT2D eigenvalue weighted by Gasteiger charge is 2.24. The molecule has 0 aliphatic carbocycles. The van der Waals surface area contributed by atoms with E-state index >= 15 is 0 Å². The number of carbonyl (C=O) groups is 1.